The molecule has 166 valence electrons. The molecule has 0 N–H and O–H groups in total. The first-order chi connectivity index (χ1) is 14.8. The molecule has 3 fully saturated rings. The molecule has 0 aromatic heterocycles. The maximum Gasteiger partial charge on any atom is 0.260 e. The van der Waals surface area contributed by atoms with Crippen molar-refractivity contribution in [2.75, 3.05) is 64.1 Å². The number of hydrogen-bond acceptors (Lipinski definition) is 6. The summed E-state index contributed by atoms with van der Waals surface area (Å²) in [6.07, 6.45) is 4.77. The minimum atomic E-state index is 0.115. The van der Waals surface area contributed by atoms with Crippen LogP contribution in [0.5, 0.6) is 5.75 Å². The fourth-order valence-electron chi connectivity index (χ4n) is 4.30. The number of piperidine rings is 1. The van der Waals surface area contributed by atoms with Gasteiger partial charge in [-0.2, -0.15) is 0 Å². The van der Waals surface area contributed by atoms with E-state index in [0.717, 1.165) is 63.9 Å². The summed E-state index contributed by atoms with van der Waals surface area (Å²) < 4.78 is 11.8. The van der Waals surface area contributed by atoms with E-state index in [1.54, 1.807) is 0 Å². The third kappa shape index (κ3) is 6.55. The number of carbonyl (C=O) groups is 1. The molecule has 3 saturated heterocycles. The van der Waals surface area contributed by atoms with Crippen LogP contribution in [0.15, 0.2) is 24.3 Å². The minimum Gasteiger partial charge on any atom is -0.484 e. The van der Waals surface area contributed by atoms with Gasteiger partial charge in [0.25, 0.3) is 5.91 Å². The fourth-order valence-corrected chi connectivity index (χ4v) is 7.19. The van der Waals surface area contributed by atoms with Gasteiger partial charge in [-0.15, -0.1) is 23.5 Å². The second-order valence-corrected chi connectivity index (χ2v) is 11.1. The topological polar surface area (TPSA) is 42.0 Å². The van der Waals surface area contributed by atoms with Crippen molar-refractivity contribution in [1.82, 2.24) is 9.80 Å². The highest BCUT2D eigenvalue weighted by Gasteiger charge is 2.24. The average Bonchev–Trinajstić information content (AvgIpc) is 2.83. The van der Waals surface area contributed by atoms with E-state index < -0.39 is 0 Å². The molecule has 1 amide bonds. The maximum atomic E-state index is 12.6. The zero-order valence-corrected chi connectivity index (χ0v) is 19.4. The molecule has 3 aliphatic heterocycles. The van der Waals surface area contributed by atoms with E-state index in [1.165, 1.54) is 36.5 Å². The summed E-state index contributed by atoms with van der Waals surface area (Å²) in [6.45, 7) is 6.91. The lowest BCUT2D eigenvalue weighted by Crippen LogP contribution is -2.42. The van der Waals surface area contributed by atoms with Gasteiger partial charge in [-0.05, 0) is 67.3 Å². The van der Waals surface area contributed by atoms with Crippen molar-refractivity contribution in [3.05, 3.63) is 29.8 Å². The number of ether oxygens (including phenoxy) is 2. The van der Waals surface area contributed by atoms with Crippen molar-refractivity contribution in [2.45, 2.75) is 30.3 Å². The quantitative estimate of drug-likeness (QED) is 0.628. The summed E-state index contributed by atoms with van der Waals surface area (Å²) >= 11 is 4.05. The number of likely N-dealkylation sites (tertiary alicyclic amines) is 1. The van der Waals surface area contributed by atoms with E-state index in [1.807, 2.05) is 40.6 Å². The van der Waals surface area contributed by atoms with E-state index in [2.05, 4.69) is 17.0 Å². The number of hydrogen-bond donors (Lipinski definition) is 0. The highest BCUT2D eigenvalue weighted by Crippen LogP contribution is 2.43. The predicted molar refractivity (Wildman–Crippen MR) is 125 cm³/mol. The molecule has 1 aromatic carbocycles. The molecule has 4 rings (SSSR count). The van der Waals surface area contributed by atoms with E-state index in [4.69, 9.17) is 9.47 Å². The van der Waals surface area contributed by atoms with Crippen LogP contribution >= 0.6 is 23.5 Å². The summed E-state index contributed by atoms with van der Waals surface area (Å²) in [4.78, 5) is 17.1. The summed E-state index contributed by atoms with van der Waals surface area (Å²) in [5.41, 5.74) is 1.35. The van der Waals surface area contributed by atoms with Crippen molar-refractivity contribution in [1.29, 1.82) is 0 Å². The minimum absolute atomic E-state index is 0.115. The lowest BCUT2D eigenvalue weighted by Gasteiger charge is -2.34. The molecule has 0 aliphatic carbocycles. The standard InChI is InChI=1S/C23H34N2O3S2/c26-22(18-28-21-4-2-20(3-5-21)23-29-16-1-17-30-23)25-10-7-19(8-11-25)6-9-24-12-14-27-15-13-24/h2-5,19,23H,1,6-18H2. The van der Waals surface area contributed by atoms with Crippen LogP contribution in [0.2, 0.25) is 0 Å². The van der Waals surface area contributed by atoms with Gasteiger partial charge in [0, 0.05) is 26.2 Å². The molecule has 7 heteroatoms. The van der Waals surface area contributed by atoms with Gasteiger partial charge in [0.1, 0.15) is 5.75 Å². The van der Waals surface area contributed by atoms with Crippen LogP contribution in [0.3, 0.4) is 0 Å². The average molecular weight is 451 g/mol. The Hall–Kier alpha value is -0.890. The summed E-state index contributed by atoms with van der Waals surface area (Å²) in [5.74, 6) is 4.13. The van der Waals surface area contributed by atoms with Crippen LogP contribution in [0, 0.1) is 5.92 Å². The van der Waals surface area contributed by atoms with Crippen LogP contribution in [0.4, 0.5) is 0 Å². The highest BCUT2D eigenvalue weighted by molar-refractivity contribution is 8.16. The van der Waals surface area contributed by atoms with E-state index in [9.17, 15) is 4.79 Å². The Labute approximate surface area is 189 Å². The van der Waals surface area contributed by atoms with Gasteiger partial charge in [-0.25, -0.2) is 0 Å². The molecular weight excluding hydrogens is 416 g/mol. The van der Waals surface area contributed by atoms with Crippen molar-refractivity contribution in [3.8, 4) is 5.75 Å². The van der Waals surface area contributed by atoms with Gasteiger partial charge >= 0.3 is 0 Å². The molecule has 3 heterocycles. The van der Waals surface area contributed by atoms with Crippen LogP contribution < -0.4 is 4.74 Å². The van der Waals surface area contributed by atoms with Crippen molar-refractivity contribution in [2.24, 2.45) is 5.92 Å². The Kier molecular flexibility index (Phi) is 8.66. The predicted octanol–water partition coefficient (Wildman–Crippen LogP) is 3.90. The molecule has 3 aliphatic rings. The molecule has 0 unspecified atom stereocenters. The molecule has 0 atom stereocenters. The van der Waals surface area contributed by atoms with Crippen LogP contribution in [-0.2, 0) is 9.53 Å². The van der Waals surface area contributed by atoms with E-state index in [-0.39, 0.29) is 12.5 Å². The van der Waals surface area contributed by atoms with Gasteiger partial charge in [0.05, 0.1) is 17.8 Å². The smallest absolute Gasteiger partial charge is 0.260 e. The zero-order chi connectivity index (χ0) is 20.6. The Morgan fingerprint density at radius 1 is 1.03 bits per heavy atom. The molecule has 0 spiro atoms. The Morgan fingerprint density at radius 3 is 2.43 bits per heavy atom. The Bertz CT molecular complexity index is 653. The van der Waals surface area contributed by atoms with Gasteiger partial charge in [-0.3, -0.25) is 9.69 Å². The summed E-state index contributed by atoms with van der Waals surface area (Å²) in [7, 11) is 0. The number of amides is 1. The number of benzene rings is 1. The fraction of sp³-hybridized carbons (Fsp3) is 0.696. The largest absolute Gasteiger partial charge is 0.484 e. The lowest BCUT2D eigenvalue weighted by molar-refractivity contribution is -0.134. The SMILES string of the molecule is O=C(COc1ccc(C2SCCCS2)cc1)N1CCC(CCN2CCOCC2)CC1. The number of morpholine rings is 1. The first-order valence-electron chi connectivity index (χ1n) is 11.3. The third-order valence-electron chi connectivity index (χ3n) is 6.27. The second-order valence-electron chi connectivity index (χ2n) is 8.35. The van der Waals surface area contributed by atoms with E-state index >= 15 is 0 Å². The first-order valence-corrected chi connectivity index (χ1v) is 13.4. The van der Waals surface area contributed by atoms with Crippen molar-refractivity contribution < 1.29 is 14.3 Å². The number of rotatable bonds is 7. The van der Waals surface area contributed by atoms with Gasteiger partial charge < -0.3 is 14.4 Å². The Balaban J connectivity index is 1.14. The number of thioether (sulfide) groups is 2. The first kappa shape index (κ1) is 22.3. The zero-order valence-electron chi connectivity index (χ0n) is 17.8. The van der Waals surface area contributed by atoms with Crippen LogP contribution in [0.1, 0.15) is 35.8 Å². The summed E-state index contributed by atoms with van der Waals surface area (Å²) in [5, 5.41) is 0. The normalized spacial score (nSPS) is 22.2. The van der Waals surface area contributed by atoms with Crippen LogP contribution in [0.25, 0.3) is 0 Å². The van der Waals surface area contributed by atoms with Crippen molar-refractivity contribution >= 4 is 29.4 Å². The maximum absolute atomic E-state index is 12.6. The van der Waals surface area contributed by atoms with Gasteiger partial charge in [0.2, 0.25) is 0 Å². The Morgan fingerprint density at radius 2 is 1.73 bits per heavy atom. The lowest BCUT2D eigenvalue weighted by atomic mass is 9.93. The number of nitrogens with zero attached hydrogens (tertiary/aromatic N) is 2. The molecule has 30 heavy (non-hydrogen) atoms. The third-order valence-corrected chi connectivity index (χ3v) is 9.28. The van der Waals surface area contributed by atoms with Gasteiger partial charge in [-0.1, -0.05) is 12.1 Å². The number of carbonyl (C=O) groups excluding carboxylic acids is 1. The molecule has 0 radical (unpaired) electrons. The van der Waals surface area contributed by atoms with Crippen molar-refractivity contribution in [3.63, 3.8) is 0 Å². The molecule has 5 nitrogen and oxygen atoms in total. The van der Waals surface area contributed by atoms with Crippen LogP contribution in [-0.4, -0.2) is 79.8 Å². The monoisotopic (exact) mass is 450 g/mol. The van der Waals surface area contributed by atoms with E-state index in [0.29, 0.717) is 4.58 Å². The second kappa shape index (κ2) is 11.7. The molecule has 1 aromatic rings. The highest BCUT2D eigenvalue weighted by atomic mass is 32.2. The summed E-state index contributed by atoms with van der Waals surface area (Å²) in [6, 6.07) is 8.32. The van der Waals surface area contributed by atoms with Gasteiger partial charge in [0.15, 0.2) is 6.61 Å². The molecular formula is C23H34N2O3S2. The molecule has 0 saturated carbocycles. The molecule has 0 bridgehead atoms.